The first-order valence-corrected chi connectivity index (χ1v) is 11.7. The minimum atomic E-state index is 1.07. The maximum Gasteiger partial charge on any atom is 0.0773 e. The SMILES string of the molecule is CCCCCCCCCCCCC1CC[NH+](CCCCCC)CC1. The molecule has 24 heavy (non-hydrogen) atoms. The van der Waals surface area contributed by atoms with Gasteiger partial charge in [0.25, 0.3) is 0 Å². The zero-order chi connectivity index (χ0) is 17.3. The highest BCUT2D eigenvalue weighted by Gasteiger charge is 2.20. The van der Waals surface area contributed by atoms with Crippen LogP contribution in [-0.2, 0) is 0 Å². The van der Waals surface area contributed by atoms with Gasteiger partial charge in [-0.15, -0.1) is 0 Å². The van der Waals surface area contributed by atoms with Gasteiger partial charge in [0.15, 0.2) is 0 Å². The lowest BCUT2D eigenvalue weighted by Crippen LogP contribution is -3.13. The molecule has 1 aliphatic rings. The summed E-state index contributed by atoms with van der Waals surface area (Å²) in [5.41, 5.74) is 0. The monoisotopic (exact) mass is 338 g/mol. The predicted octanol–water partition coefficient (Wildman–Crippen LogP) is 6.17. The molecule has 0 aliphatic carbocycles. The van der Waals surface area contributed by atoms with Crippen LogP contribution in [0.4, 0.5) is 0 Å². The van der Waals surface area contributed by atoms with E-state index in [1.807, 2.05) is 4.90 Å². The summed E-state index contributed by atoms with van der Waals surface area (Å²) in [4.78, 5) is 1.91. The van der Waals surface area contributed by atoms with Crippen molar-refractivity contribution < 1.29 is 4.90 Å². The van der Waals surface area contributed by atoms with Crippen LogP contribution in [0.15, 0.2) is 0 Å². The quantitative estimate of drug-likeness (QED) is 0.321. The Morgan fingerprint density at radius 1 is 0.583 bits per heavy atom. The number of hydrogen-bond acceptors (Lipinski definition) is 0. The fourth-order valence-electron chi connectivity index (χ4n) is 4.35. The molecule has 0 aromatic carbocycles. The van der Waals surface area contributed by atoms with Gasteiger partial charge in [0.05, 0.1) is 19.6 Å². The Morgan fingerprint density at radius 3 is 1.58 bits per heavy atom. The molecule has 0 radical (unpaired) electrons. The van der Waals surface area contributed by atoms with Gasteiger partial charge in [-0.3, -0.25) is 0 Å². The molecule has 1 nitrogen and oxygen atoms in total. The number of quaternary nitrogens is 1. The molecule has 144 valence electrons. The van der Waals surface area contributed by atoms with Gasteiger partial charge in [-0.05, 0) is 31.6 Å². The third-order valence-electron chi connectivity index (χ3n) is 6.16. The summed E-state index contributed by atoms with van der Waals surface area (Å²) < 4.78 is 0. The van der Waals surface area contributed by atoms with Crippen LogP contribution in [0.2, 0.25) is 0 Å². The third-order valence-corrected chi connectivity index (χ3v) is 6.16. The minimum absolute atomic E-state index is 1.07. The van der Waals surface area contributed by atoms with Crippen LogP contribution in [-0.4, -0.2) is 19.6 Å². The normalized spacial score (nSPS) is 21.2. The van der Waals surface area contributed by atoms with E-state index in [0.29, 0.717) is 0 Å². The molecule has 1 N–H and O–H groups in total. The van der Waals surface area contributed by atoms with Crippen molar-refractivity contribution in [2.45, 2.75) is 123 Å². The van der Waals surface area contributed by atoms with Gasteiger partial charge < -0.3 is 4.90 Å². The highest BCUT2D eigenvalue weighted by atomic mass is 15.1. The van der Waals surface area contributed by atoms with Gasteiger partial charge in [-0.1, -0.05) is 97.3 Å². The van der Waals surface area contributed by atoms with Crippen LogP contribution in [0.25, 0.3) is 0 Å². The van der Waals surface area contributed by atoms with Gasteiger partial charge >= 0.3 is 0 Å². The van der Waals surface area contributed by atoms with Crippen LogP contribution in [0.5, 0.6) is 0 Å². The standard InChI is InChI=1S/C23H47N/c1-3-5-7-9-10-11-12-13-14-15-17-23-18-21-24(22-19-23)20-16-8-6-4-2/h23H,3-22H2,1-2H3/p+1. The Bertz CT molecular complexity index is 242. The smallest absolute Gasteiger partial charge is 0.0773 e. The van der Waals surface area contributed by atoms with Gasteiger partial charge in [0.2, 0.25) is 0 Å². The van der Waals surface area contributed by atoms with E-state index in [9.17, 15) is 0 Å². The van der Waals surface area contributed by atoms with Crippen molar-refractivity contribution >= 4 is 0 Å². The lowest BCUT2D eigenvalue weighted by atomic mass is 9.91. The average Bonchev–Trinajstić information content (AvgIpc) is 2.61. The number of unbranched alkanes of at least 4 members (excludes halogenated alkanes) is 12. The third kappa shape index (κ3) is 12.3. The summed E-state index contributed by atoms with van der Waals surface area (Å²) in [5.74, 6) is 1.07. The molecule has 1 heteroatoms. The summed E-state index contributed by atoms with van der Waals surface area (Å²) in [5, 5.41) is 0. The molecule has 0 saturated carbocycles. The summed E-state index contributed by atoms with van der Waals surface area (Å²) >= 11 is 0. The van der Waals surface area contributed by atoms with Crippen LogP contribution in [0.1, 0.15) is 123 Å². The fourth-order valence-corrected chi connectivity index (χ4v) is 4.35. The second kappa shape index (κ2) is 16.4. The van der Waals surface area contributed by atoms with E-state index in [1.54, 1.807) is 0 Å². The maximum atomic E-state index is 2.31. The van der Waals surface area contributed by atoms with E-state index in [-0.39, 0.29) is 0 Å². The van der Waals surface area contributed by atoms with Gasteiger partial charge in [0, 0.05) is 0 Å². The molecule has 0 bridgehead atoms. The zero-order valence-corrected chi connectivity index (χ0v) is 17.2. The first kappa shape index (κ1) is 22.0. The minimum Gasteiger partial charge on any atom is -0.335 e. The Kier molecular flexibility index (Phi) is 15.1. The van der Waals surface area contributed by atoms with Gasteiger partial charge in [0.1, 0.15) is 0 Å². The summed E-state index contributed by atoms with van der Waals surface area (Å²) in [7, 11) is 0. The summed E-state index contributed by atoms with van der Waals surface area (Å²) in [6.07, 6.45) is 25.0. The van der Waals surface area contributed by atoms with Crippen LogP contribution < -0.4 is 4.90 Å². The second-order valence-electron chi connectivity index (χ2n) is 8.47. The first-order valence-electron chi connectivity index (χ1n) is 11.7. The van der Waals surface area contributed by atoms with Crippen LogP contribution in [0, 0.1) is 5.92 Å². The number of rotatable bonds is 16. The van der Waals surface area contributed by atoms with Crippen LogP contribution in [0.3, 0.4) is 0 Å². The Hall–Kier alpha value is -0.0400. The average molecular weight is 339 g/mol. The van der Waals surface area contributed by atoms with E-state index in [1.165, 1.54) is 129 Å². The zero-order valence-electron chi connectivity index (χ0n) is 17.2. The summed E-state index contributed by atoms with van der Waals surface area (Å²) in [6, 6.07) is 0. The van der Waals surface area contributed by atoms with Crippen molar-refractivity contribution in [2.75, 3.05) is 19.6 Å². The number of likely N-dealkylation sites (tertiary alicyclic amines) is 1. The van der Waals surface area contributed by atoms with Crippen molar-refractivity contribution in [1.29, 1.82) is 0 Å². The van der Waals surface area contributed by atoms with E-state index >= 15 is 0 Å². The highest BCUT2D eigenvalue weighted by Crippen LogP contribution is 2.19. The molecule has 0 unspecified atom stereocenters. The molecular weight excluding hydrogens is 290 g/mol. The predicted molar refractivity (Wildman–Crippen MR) is 109 cm³/mol. The molecule has 0 spiro atoms. The van der Waals surface area contributed by atoms with Crippen LogP contribution >= 0.6 is 0 Å². The largest absolute Gasteiger partial charge is 0.335 e. The first-order chi connectivity index (χ1) is 11.9. The molecule has 0 aromatic heterocycles. The second-order valence-corrected chi connectivity index (χ2v) is 8.47. The van der Waals surface area contributed by atoms with Crippen molar-refractivity contribution in [2.24, 2.45) is 5.92 Å². The Balaban J connectivity index is 1.83. The lowest BCUT2D eigenvalue weighted by Gasteiger charge is -2.29. The molecule has 0 aromatic rings. The topological polar surface area (TPSA) is 4.44 Å². The van der Waals surface area contributed by atoms with E-state index < -0.39 is 0 Å². The van der Waals surface area contributed by atoms with Crippen molar-refractivity contribution in [3.05, 3.63) is 0 Å². The van der Waals surface area contributed by atoms with Crippen molar-refractivity contribution in [1.82, 2.24) is 0 Å². The number of nitrogens with one attached hydrogen (secondary N) is 1. The Morgan fingerprint density at radius 2 is 1.04 bits per heavy atom. The summed E-state index contributed by atoms with van der Waals surface area (Å²) in [6.45, 7) is 9.00. The number of hydrogen-bond donors (Lipinski definition) is 1. The molecule has 1 fully saturated rings. The molecular formula is C23H48N+. The molecule has 1 rings (SSSR count). The Labute approximate surface area is 154 Å². The molecule has 0 amide bonds. The molecule has 1 saturated heterocycles. The van der Waals surface area contributed by atoms with Crippen molar-refractivity contribution in [3.8, 4) is 0 Å². The van der Waals surface area contributed by atoms with E-state index in [4.69, 9.17) is 0 Å². The molecule has 0 atom stereocenters. The van der Waals surface area contributed by atoms with E-state index in [2.05, 4.69) is 13.8 Å². The fraction of sp³-hybridized carbons (Fsp3) is 1.00. The maximum absolute atomic E-state index is 2.31. The lowest BCUT2D eigenvalue weighted by molar-refractivity contribution is -0.906. The molecule has 1 heterocycles. The van der Waals surface area contributed by atoms with Gasteiger partial charge in [-0.25, -0.2) is 0 Å². The van der Waals surface area contributed by atoms with E-state index in [0.717, 1.165) is 5.92 Å². The highest BCUT2D eigenvalue weighted by molar-refractivity contribution is 4.63. The number of piperidine rings is 1. The molecule has 1 aliphatic heterocycles. The van der Waals surface area contributed by atoms with Crippen molar-refractivity contribution in [3.63, 3.8) is 0 Å². The van der Waals surface area contributed by atoms with Gasteiger partial charge in [-0.2, -0.15) is 0 Å².